The Kier molecular flexibility index (Phi) is 5.18. The van der Waals surface area contributed by atoms with E-state index in [1.807, 2.05) is 81.4 Å². The molecule has 0 aliphatic carbocycles. The first kappa shape index (κ1) is 19.9. The summed E-state index contributed by atoms with van der Waals surface area (Å²) in [6, 6.07) is 19.2. The smallest absolute Gasteiger partial charge is 0.418 e. The Morgan fingerprint density at radius 1 is 1.03 bits per heavy atom. The number of hydrogen-bond donors (Lipinski definition) is 1. The first-order valence-corrected chi connectivity index (χ1v) is 9.88. The number of rotatable bonds is 3. The van der Waals surface area contributed by atoms with Crippen LogP contribution in [0.4, 0.5) is 16.3 Å². The normalized spacial score (nSPS) is 11.5. The second-order valence-electron chi connectivity index (χ2n) is 7.84. The van der Waals surface area contributed by atoms with Gasteiger partial charge in [0, 0.05) is 28.9 Å². The molecule has 0 spiro atoms. The van der Waals surface area contributed by atoms with Crippen LogP contribution in [-0.2, 0) is 4.74 Å². The summed E-state index contributed by atoms with van der Waals surface area (Å²) in [4.78, 5) is 21.1. The van der Waals surface area contributed by atoms with Crippen molar-refractivity contribution in [3.8, 4) is 11.3 Å². The molecule has 2 aromatic carbocycles. The van der Waals surface area contributed by atoms with Gasteiger partial charge in [-0.25, -0.2) is 14.8 Å². The van der Waals surface area contributed by atoms with Crippen molar-refractivity contribution < 1.29 is 9.53 Å². The summed E-state index contributed by atoms with van der Waals surface area (Å²) >= 11 is 6.14. The van der Waals surface area contributed by atoms with Gasteiger partial charge in [-0.1, -0.05) is 36.4 Å². The van der Waals surface area contributed by atoms with Gasteiger partial charge in [-0.2, -0.15) is 0 Å². The summed E-state index contributed by atoms with van der Waals surface area (Å²) in [5.41, 5.74) is 2.59. The van der Waals surface area contributed by atoms with E-state index < -0.39 is 11.7 Å². The van der Waals surface area contributed by atoms with Crippen molar-refractivity contribution in [3.05, 3.63) is 72.1 Å². The first-order chi connectivity index (χ1) is 14.3. The average molecular weight is 421 g/mol. The van der Waals surface area contributed by atoms with Crippen LogP contribution < -0.4 is 5.32 Å². The standard InChI is InChI=1S/C23H21ClN4O2/c1-23(2,3)30-22(29)28-12-11-16-9-10-17(13-19(16)28)25-20-14-18(26-21(24)27-20)15-7-5-4-6-8-15/h4-14H,1-3H3,(H,25,26,27). The van der Waals surface area contributed by atoms with Crippen LogP contribution >= 0.6 is 11.6 Å². The monoisotopic (exact) mass is 420 g/mol. The number of carbonyl (C=O) groups is 1. The van der Waals surface area contributed by atoms with Crippen molar-refractivity contribution in [2.24, 2.45) is 0 Å². The molecule has 6 nitrogen and oxygen atoms in total. The highest BCUT2D eigenvalue weighted by Gasteiger charge is 2.19. The topological polar surface area (TPSA) is 69.0 Å². The maximum Gasteiger partial charge on any atom is 0.418 e. The van der Waals surface area contributed by atoms with E-state index >= 15 is 0 Å². The minimum atomic E-state index is -0.574. The van der Waals surface area contributed by atoms with E-state index in [0.717, 1.165) is 27.8 Å². The Morgan fingerprint density at radius 2 is 1.80 bits per heavy atom. The molecular weight excluding hydrogens is 400 g/mol. The number of fused-ring (bicyclic) bond motifs is 1. The van der Waals surface area contributed by atoms with Crippen molar-refractivity contribution in [1.82, 2.24) is 14.5 Å². The zero-order valence-electron chi connectivity index (χ0n) is 16.9. The van der Waals surface area contributed by atoms with Gasteiger partial charge in [-0.05, 0) is 50.6 Å². The van der Waals surface area contributed by atoms with Crippen LogP contribution in [0.1, 0.15) is 20.8 Å². The lowest BCUT2D eigenvalue weighted by atomic mass is 10.1. The minimum Gasteiger partial charge on any atom is -0.443 e. The molecule has 0 radical (unpaired) electrons. The van der Waals surface area contributed by atoms with E-state index in [1.165, 1.54) is 4.57 Å². The fourth-order valence-corrected chi connectivity index (χ4v) is 3.25. The molecule has 0 unspecified atom stereocenters. The van der Waals surface area contributed by atoms with Gasteiger partial charge in [0.2, 0.25) is 5.28 Å². The minimum absolute atomic E-state index is 0.150. The van der Waals surface area contributed by atoms with E-state index in [-0.39, 0.29) is 5.28 Å². The summed E-state index contributed by atoms with van der Waals surface area (Å²) in [5, 5.41) is 4.33. The molecule has 4 aromatic rings. The van der Waals surface area contributed by atoms with Gasteiger partial charge in [0.05, 0.1) is 11.2 Å². The van der Waals surface area contributed by atoms with Gasteiger partial charge in [-0.15, -0.1) is 0 Å². The lowest BCUT2D eigenvalue weighted by molar-refractivity contribution is 0.0544. The lowest BCUT2D eigenvalue weighted by Gasteiger charge is -2.19. The quantitative estimate of drug-likeness (QED) is 0.395. The lowest BCUT2D eigenvalue weighted by Crippen LogP contribution is -2.26. The number of benzene rings is 2. The number of nitrogens with one attached hydrogen (secondary N) is 1. The Bertz CT molecular complexity index is 1210. The highest BCUT2D eigenvalue weighted by Crippen LogP contribution is 2.26. The van der Waals surface area contributed by atoms with E-state index in [9.17, 15) is 4.79 Å². The van der Waals surface area contributed by atoms with Crippen molar-refractivity contribution in [2.75, 3.05) is 5.32 Å². The van der Waals surface area contributed by atoms with E-state index in [2.05, 4.69) is 15.3 Å². The zero-order valence-corrected chi connectivity index (χ0v) is 17.6. The third-order valence-electron chi connectivity index (χ3n) is 4.32. The van der Waals surface area contributed by atoms with E-state index in [4.69, 9.17) is 16.3 Å². The van der Waals surface area contributed by atoms with E-state index in [1.54, 1.807) is 6.20 Å². The van der Waals surface area contributed by atoms with Gasteiger partial charge < -0.3 is 10.1 Å². The van der Waals surface area contributed by atoms with E-state index in [0.29, 0.717) is 5.82 Å². The van der Waals surface area contributed by atoms with Gasteiger partial charge in [0.25, 0.3) is 0 Å². The second kappa shape index (κ2) is 7.80. The van der Waals surface area contributed by atoms with Gasteiger partial charge in [0.15, 0.2) is 0 Å². The maximum absolute atomic E-state index is 12.5. The molecule has 1 N–H and O–H groups in total. The second-order valence-corrected chi connectivity index (χ2v) is 8.18. The number of anilines is 2. The summed E-state index contributed by atoms with van der Waals surface area (Å²) in [7, 11) is 0. The van der Waals surface area contributed by atoms with Crippen LogP contribution in [0, 0.1) is 0 Å². The predicted molar refractivity (Wildman–Crippen MR) is 119 cm³/mol. The molecule has 152 valence electrons. The Hall–Kier alpha value is -3.38. The number of hydrogen-bond acceptors (Lipinski definition) is 5. The Morgan fingerprint density at radius 3 is 2.53 bits per heavy atom. The molecule has 30 heavy (non-hydrogen) atoms. The highest BCUT2D eigenvalue weighted by atomic mass is 35.5. The molecule has 4 rings (SSSR count). The number of nitrogens with zero attached hydrogens (tertiary/aromatic N) is 3. The van der Waals surface area contributed by atoms with Gasteiger partial charge in [0.1, 0.15) is 11.4 Å². The largest absolute Gasteiger partial charge is 0.443 e. The summed E-state index contributed by atoms with van der Waals surface area (Å²) < 4.78 is 6.99. The molecule has 0 bridgehead atoms. The van der Waals surface area contributed by atoms with Crippen molar-refractivity contribution in [2.45, 2.75) is 26.4 Å². The molecule has 0 fully saturated rings. The molecule has 0 aliphatic rings. The third kappa shape index (κ3) is 4.44. The maximum atomic E-state index is 12.5. The van der Waals surface area contributed by atoms with Crippen molar-refractivity contribution in [1.29, 1.82) is 0 Å². The number of ether oxygens (including phenoxy) is 1. The molecule has 2 aromatic heterocycles. The first-order valence-electron chi connectivity index (χ1n) is 9.50. The fraction of sp³-hybridized carbons (Fsp3) is 0.174. The Balaban J connectivity index is 1.66. The van der Waals surface area contributed by atoms with Crippen LogP contribution in [0.15, 0.2) is 66.9 Å². The van der Waals surface area contributed by atoms with Crippen LogP contribution in [0.25, 0.3) is 22.2 Å². The number of carbonyl (C=O) groups excluding carboxylic acids is 1. The van der Waals surface area contributed by atoms with Crippen LogP contribution in [0.3, 0.4) is 0 Å². The van der Waals surface area contributed by atoms with Gasteiger partial charge in [-0.3, -0.25) is 4.57 Å². The zero-order chi connectivity index (χ0) is 21.3. The Labute approximate surface area is 179 Å². The number of aromatic nitrogens is 3. The third-order valence-corrected chi connectivity index (χ3v) is 4.49. The highest BCUT2D eigenvalue weighted by molar-refractivity contribution is 6.28. The fourth-order valence-electron chi connectivity index (χ4n) is 3.06. The van der Waals surface area contributed by atoms with Gasteiger partial charge >= 0.3 is 6.09 Å². The molecule has 7 heteroatoms. The summed E-state index contributed by atoms with van der Waals surface area (Å²) in [5.74, 6) is 0.559. The molecule has 0 saturated heterocycles. The molecule has 0 amide bonds. The average Bonchev–Trinajstić information content (AvgIpc) is 3.10. The summed E-state index contributed by atoms with van der Waals surface area (Å²) in [6.07, 6.45) is 1.28. The molecule has 0 atom stereocenters. The molecule has 0 aliphatic heterocycles. The number of halogens is 1. The van der Waals surface area contributed by atoms with Crippen LogP contribution in [0.2, 0.25) is 5.28 Å². The van der Waals surface area contributed by atoms with Crippen molar-refractivity contribution >= 4 is 40.1 Å². The molecular formula is C23H21ClN4O2. The predicted octanol–water partition coefficient (Wildman–Crippen LogP) is 6.28. The molecule has 0 saturated carbocycles. The van der Waals surface area contributed by atoms with Crippen LogP contribution in [-0.4, -0.2) is 26.2 Å². The molecule has 2 heterocycles. The summed E-state index contributed by atoms with van der Waals surface area (Å²) in [6.45, 7) is 5.52. The van der Waals surface area contributed by atoms with Crippen molar-refractivity contribution in [3.63, 3.8) is 0 Å². The van der Waals surface area contributed by atoms with Crippen LogP contribution in [0.5, 0.6) is 0 Å². The SMILES string of the molecule is CC(C)(C)OC(=O)n1ccc2ccc(Nc3cc(-c4ccccc4)nc(Cl)n3)cc21.